The Kier molecular flexibility index (Phi) is 5.69. The molecule has 2 heterocycles. The summed E-state index contributed by atoms with van der Waals surface area (Å²) in [5, 5.41) is 20.9. The molecule has 33 heavy (non-hydrogen) atoms. The number of aromatic nitrogens is 4. The molecular formula is C24H21N7OS. The third-order valence-electron chi connectivity index (χ3n) is 5.58. The molecule has 0 spiro atoms. The van der Waals surface area contributed by atoms with Crippen molar-refractivity contribution in [2.75, 3.05) is 5.32 Å². The molecule has 1 aliphatic carbocycles. The Balaban J connectivity index is 1.27. The Morgan fingerprint density at radius 1 is 1.27 bits per heavy atom. The fourth-order valence-corrected chi connectivity index (χ4v) is 4.94. The molecule has 0 saturated heterocycles. The number of thiazole rings is 1. The van der Waals surface area contributed by atoms with Crippen LogP contribution in [0.4, 0.5) is 5.13 Å². The number of carbonyl (C=O) groups is 1. The Bertz CT molecular complexity index is 1350. The third kappa shape index (κ3) is 4.67. The normalized spacial score (nSPS) is 15.0. The van der Waals surface area contributed by atoms with Gasteiger partial charge in [0.15, 0.2) is 5.13 Å². The van der Waals surface area contributed by atoms with E-state index in [9.17, 15) is 4.79 Å². The van der Waals surface area contributed by atoms with Crippen LogP contribution in [0, 0.1) is 11.3 Å². The minimum atomic E-state index is -0.191. The molecule has 2 aromatic heterocycles. The van der Waals surface area contributed by atoms with E-state index in [0.29, 0.717) is 22.8 Å². The molecule has 9 heteroatoms. The van der Waals surface area contributed by atoms with Crippen LogP contribution in [0.15, 0.2) is 54.7 Å². The van der Waals surface area contributed by atoms with Gasteiger partial charge in [0.05, 0.1) is 30.1 Å². The predicted octanol–water partition coefficient (Wildman–Crippen LogP) is 3.39. The van der Waals surface area contributed by atoms with Crippen LogP contribution in [0.5, 0.6) is 0 Å². The van der Waals surface area contributed by atoms with Crippen LogP contribution in [-0.2, 0) is 19.4 Å². The summed E-state index contributed by atoms with van der Waals surface area (Å²) in [7, 11) is 0. The van der Waals surface area contributed by atoms with E-state index >= 15 is 0 Å². The number of nitrogens with zero attached hydrogens (tertiary/aromatic N) is 5. The number of carbonyl (C=O) groups excluding carboxylic acids is 1. The van der Waals surface area contributed by atoms with Crippen LogP contribution in [0.2, 0.25) is 0 Å². The largest absolute Gasteiger partial charge is 0.327 e. The van der Waals surface area contributed by atoms with Crippen LogP contribution in [-0.4, -0.2) is 31.9 Å². The van der Waals surface area contributed by atoms with Crippen molar-refractivity contribution >= 4 is 22.4 Å². The first kappa shape index (κ1) is 21.0. The van der Waals surface area contributed by atoms with Gasteiger partial charge in [0.1, 0.15) is 5.69 Å². The zero-order valence-electron chi connectivity index (χ0n) is 17.7. The molecule has 3 N–H and O–H groups in total. The fourth-order valence-electron chi connectivity index (χ4n) is 3.84. The van der Waals surface area contributed by atoms with Gasteiger partial charge in [-0.2, -0.15) is 5.26 Å². The Morgan fingerprint density at radius 2 is 2.12 bits per heavy atom. The molecule has 1 aliphatic rings. The number of aryl methyl sites for hydroxylation is 1. The maximum absolute atomic E-state index is 12.8. The highest BCUT2D eigenvalue weighted by Crippen LogP contribution is 2.29. The maximum Gasteiger partial charge on any atom is 0.257 e. The summed E-state index contributed by atoms with van der Waals surface area (Å²) >= 11 is 1.51. The molecule has 0 fully saturated rings. The lowest BCUT2D eigenvalue weighted by molar-refractivity contribution is 0.102. The van der Waals surface area contributed by atoms with E-state index in [0.717, 1.165) is 41.8 Å². The van der Waals surface area contributed by atoms with Gasteiger partial charge in [-0.25, -0.2) is 9.67 Å². The first-order valence-electron chi connectivity index (χ1n) is 10.6. The van der Waals surface area contributed by atoms with Crippen LogP contribution in [0.25, 0.3) is 11.3 Å². The first-order chi connectivity index (χ1) is 16.1. The predicted molar refractivity (Wildman–Crippen MR) is 126 cm³/mol. The monoisotopic (exact) mass is 455 g/mol. The number of nitrogens with one attached hydrogen (secondary N) is 1. The van der Waals surface area contributed by atoms with E-state index in [1.807, 2.05) is 36.5 Å². The molecule has 164 valence electrons. The molecule has 5 rings (SSSR count). The molecule has 1 amide bonds. The first-order valence-corrected chi connectivity index (χ1v) is 11.4. The van der Waals surface area contributed by atoms with Gasteiger partial charge in [-0.15, -0.1) is 16.4 Å². The minimum Gasteiger partial charge on any atom is -0.327 e. The standard InChI is InChI=1S/C24H21N7OS/c25-12-15-4-6-17(7-5-15)21-14-31(30-29-21)13-16-2-1-3-18(10-16)23(32)28-24-27-20-9-8-19(26)11-22(20)33-24/h1-7,10,14,19H,8-9,11,13,26H2,(H,27,28,32). The zero-order valence-corrected chi connectivity index (χ0v) is 18.5. The highest BCUT2D eigenvalue weighted by Gasteiger charge is 2.21. The smallest absolute Gasteiger partial charge is 0.257 e. The summed E-state index contributed by atoms with van der Waals surface area (Å²) in [5.41, 5.74) is 10.8. The molecule has 0 saturated carbocycles. The summed E-state index contributed by atoms with van der Waals surface area (Å²) in [6.45, 7) is 0.480. The number of hydrogen-bond donors (Lipinski definition) is 2. The van der Waals surface area contributed by atoms with Crippen molar-refractivity contribution in [3.05, 3.63) is 82.0 Å². The van der Waals surface area contributed by atoms with Crippen molar-refractivity contribution in [3.8, 4) is 17.3 Å². The average Bonchev–Trinajstić information content (AvgIpc) is 3.45. The van der Waals surface area contributed by atoms with Crippen molar-refractivity contribution in [2.45, 2.75) is 31.8 Å². The summed E-state index contributed by atoms with van der Waals surface area (Å²) in [4.78, 5) is 18.6. The van der Waals surface area contributed by atoms with Crippen LogP contribution < -0.4 is 11.1 Å². The van der Waals surface area contributed by atoms with Gasteiger partial charge in [-0.05, 0) is 49.1 Å². The highest BCUT2D eigenvalue weighted by molar-refractivity contribution is 7.15. The van der Waals surface area contributed by atoms with Gasteiger partial charge in [0, 0.05) is 22.0 Å². The van der Waals surface area contributed by atoms with Crippen molar-refractivity contribution in [1.82, 2.24) is 20.0 Å². The van der Waals surface area contributed by atoms with Crippen molar-refractivity contribution in [2.24, 2.45) is 5.73 Å². The van der Waals surface area contributed by atoms with Gasteiger partial charge < -0.3 is 5.73 Å². The van der Waals surface area contributed by atoms with E-state index in [1.165, 1.54) is 16.2 Å². The number of nitriles is 1. The number of hydrogen-bond acceptors (Lipinski definition) is 7. The number of rotatable bonds is 5. The molecule has 1 unspecified atom stereocenters. The second-order valence-corrected chi connectivity index (χ2v) is 9.12. The van der Waals surface area contributed by atoms with Gasteiger partial charge >= 0.3 is 0 Å². The lowest BCUT2D eigenvalue weighted by atomic mass is 9.99. The SMILES string of the molecule is N#Cc1ccc(-c2cn(Cc3cccc(C(=O)Nc4nc5c(s4)CC(N)CC5)c3)nn2)cc1. The van der Waals surface area contributed by atoms with E-state index in [2.05, 4.69) is 26.7 Å². The molecule has 1 atom stereocenters. The van der Waals surface area contributed by atoms with Crippen LogP contribution >= 0.6 is 11.3 Å². The van der Waals surface area contributed by atoms with E-state index < -0.39 is 0 Å². The molecule has 0 bridgehead atoms. The van der Waals surface area contributed by atoms with Crippen LogP contribution in [0.1, 0.15) is 38.5 Å². The summed E-state index contributed by atoms with van der Waals surface area (Å²) in [5.74, 6) is -0.191. The van der Waals surface area contributed by atoms with Gasteiger partial charge in [0.25, 0.3) is 5.91 Å². The maximum atomic E-state index is 12.8. The summed E-state index contributed by atoms with van der Waals surface area (Å²) in [6.07, 6.45) is 4.46. The Morgan fingerprint density at radius 3 is 2.94 bits per heavy atom. The number of anilines is 1. The molecule has 0 aliphatic heterocycles. The average molecular weight is 456 g/mol. The lowest BCUT2D eigenvalue weighted by Crippen LogP contribution is -2.27. The van der Waals surface area contributed by atoms with E-state index in [1.54, 1.807) is 22.9 Å². The molecule has 8 nitrogen and oxygen atoms in total. The summed E-state index contributed by atoms with van der Waals surface area (Å²) in [6, 6.07) is 16.9. The minimum absolute atomic E-state index is 0.174. The van der Waals surface area contributed by atoms with Gasteiger partial charge in [-0.3, -0.25) is 10.1 Å². The second kappa shape index (κ2) is 8.94. The van der Waals surface area contributed by atoms with E-state index in [4.69, 9.17) is 11.0 Å². The van der Waals surface area contributed by atoms with Crippen molar-refractivity contribution in [3.63, 3.8) is 0 Å². The third-order valence-corrected chi connectivity index (χ3v) is 6.62. The van der Waals surface area contributed by atoms with Gasteiger partial charge in [0.2, 0.25) is 0 Å². The van der Waals surface area contributed by atoms with Crippen LogP contribution in [0.3, 0.4) is 0 Å². The number of benzene rings is 2. The Labute approximate surface area is 194 Å². The number of amides is 1. The topological polar surface area (TPSA) is 123 Å². The Hall–Kier alpha value is -3.87. The zero-order chi connectivity index (χ0) is 22.8. The molecule has 2 aromatic carbocycles. The quantitative estimate of drug-likeness (QED) is 0.476. The second-order valence-electron chi connectivity index (χ2n) is 8.04. The fraction of sp³-hybridized carbons (Fsp3) is 0.208. The number of nitrogens with two attached hydrogens (primary N) is 1. The molecule has 0 radical (unpaired) electrons. The number of fused-ring (bicyclic) bond motifs is 1. The van der Waals surface area contributed by atoms with Crippen molar-refractivity contribution < 1.29 is 4.79 Å². The lowest BCUT2D eigenvalue weighted by Gasteiger charge is -2.15. The molecule has 4 aromatic rings. The van der Waals surface area contributed by atoms with Crippen molar-refractivity contribution in [1.29, 1.82) is 5.26 Å². The van der Waals surface area contributed by atoms with E-state index in [-0.39, 0.29) is 11.9 Å². The summed E-state index contributed by atoms with van der Waals surface area (Å²) < 4.78 is 1.72. The molecular weight excluding hydrogens is 434 g/mol. The highest BCUT2D eigenvalue weighted by atomic mass is 32.1. The van der Waals surface area contributed by atoms with Gasteiger partial charge in [-0.1, -0.05) is 29.5 Å².